The fraction of sp³-hybridized carbons (Fsp3) is 0.143. The molecule has 0 aliphatic heterocycles. The molecule has 1 aliphatic carbocycles. The fourth-order valence-electron chi connectivity index (χ4n) is 1.84. The van der Waals surface area contributed by atoms with Gasteiger partial charge in [-0.05, 0) is 0 Å². The van der Waals surface area contributed by atoms with Crippen molar-refractivity contribution in [2.24, 2.45) is 0 Å². The summed E-state index contributed by atoms with van der Waals surface area (Å²) in [6, 6.07) is 14.7. The van der Waals surface area contributed by atoms with Crippen LogP contribution in [-0.2, 0) is 24.2 Å². The maximum atomic E-state index is 3.64. The summed E-state index contributed by atoms with van der Waals surface area (Å²) in [5, 5.41) is 2.66. The maximum absolute atomic E-state index is 3.64. The van der Waals surface area contributed by atoms with Crippen molar-refractivity contribution in [3.05, 3.63) is 92.1 Å². The van der Waals surface area contributed by atoms with Gasteiger partial charge in [-0.25, -0.2) is 12.2 Å². The Morgan fingerprint density at radius 1 is 1.18 bits per heavy atom. The third kappa shape index (κ3) is 8.10. The molecule has 0 unspecified atom stereocenters. The van der Waals surface area contributed by atoms with Gasteiger partial charge in [0.25, 0.3) is 0 Å². The summed E-state index contributed by atoms with van der Waals surface area (Å²) in [5.41, 5.74) is 0. The van der Waals surface area contributed by atoms with Crippen molar-refractivity contribution in [3.63, 3.8) is 0 Å². The molecule has 0 N–H and O–H groups in total. The van der Waals surface area contributed by atoms with Crippen LogP contribution in [-0.4, -0.2) is 3.21 Å². The Morgan fingerprint density at radius 3 is 2.41 bits per heavy atom. The van der Waals surface area contributed by atoms with Gasteiger partial charge in [0, 0.05) is 0 Å². The average Bonchev–Trinajstić information content (AvgIpc) is 3.23. The van der Waals surface area contributed by atoms with Crippen molar-refractivity contribution in [2.45, 2.75) is 19.3 Å². The molecule has 2 aromatic rings. The predicted molar refractivity (Wildman–Crippen MR) is 95.7 cm³/mol. The van der Waals surface area contributed by atoms with Crippen LogP contribution in [0.1, 0.15) is 19.3 Å². The van der Waals surface area contributed by atoms with Crippen LogP contribution in [0.2, 0.25) is 0 Å². The van der Waals surface area contributed by atoms with Crippen molar-refractivity contribution in [3.8, 4) is 0 Å². The number of allylic oxidation sites excluding steroid dienone is 6. The van der Waals surface area contributed by atoms with Gasteiger partial charge in [0.2, 0.25) is 0 Å². The Balaban J connectivity index is 0.000000172. The first kappa shape index (κ1) is 18.6. The van der Waals surface area contributed by atoms with Gasteiger partial charge < -0.3 is 0 Å². The van der Waals surface area contributed by atoms with Crippen LogP contribution >= 0.6 is 0 Å². The van der Waals surface area contributed by atoms with Crippen molar-refractivity contribution >= 4 is 14.0 Å². The number of benzene rings is 1. The molecule has 1 heteroatoms. The first-order valence-electron chi connectivity index (χ1n) is 7.38. The normalized spacial score (nSPS) is 11.2. The van der Waals surface area contributed by atoms with Crippen LogP contribution in [0, 0.1) is 6.08 Å². The number of rotatable bonds is 4. The molecular formula is C21H22Zr. The van der Waals surface area contributed by atoms with Crippen LogP contribution in [0.25, 0.3) is 10.8 Å². The van der Waals surface area contributed by atoms with Crippen molar-refractivity contribution in [2.75, 3.05) is 0 Å². The molecule has 0 amide bonds. The number of fused-ring (bicyclic) bond motifs is 1. The standard InChI is InChI=1S/C9H7.C7H10.C5H5.Zr/c1-2-5-9-7-3-6-8(9)4-1;1-3-5-7-6-4-2;1-2-4-5-3-1;/h1-7H;3-4H,1-2,5-6H2;1-3H,4H2;/q-1;;-1;+2. The molecule has 0 saturated carbocycles. The minimum atomic E-state index is 1.01. The molecule has 0 spiro atoms. The zero-order valence-electron chi connectivity index (χ0n) is 13.0. The third-order valence-corrected chi connectivity index (χ3v) is 3.92. The van der Waals surface area contributed by atoms with Crippen LogP contribution in [0.15, 0.2) is 86.0 Å². The van der Waals surface area contributed by atoms with E-state index in [0.29, 0.717) is 0 Å². The van der Waals surface area contributed by atoms with Crippen LogP contribution < -0.4 is 0 Å². The molecule has 2 aromatic carbocycles. The molecular weight excluding hydrogens is 343 g/mol. The summed E-state index contributed by atoms with van der Waals surface area (Å²) in [6.07, 6.45) is 16.0. The average molecular weight is 366 g/mol. The molecule has 0 nitrogen and oxygen atoms in total. The van der Waals surface area contributed by atoms with E-state index < -0.39 is 0 Å². The Bertz CT molecular complexity index is 588. The molecule has 0 heterocycles. The van der Waals surface area contributed by atoms with E-state index in [-0.39, 0.29) is 0 Å². The summed E-state index contributed by atoms with van der Waals surface area (Å²) in [7, 11) is 0. The monoisotopic (exact) mass is 364 g/mol. The van der Waals surface area contributed by atoms with Gasteiger partial charge in [-0.3, -0.25) is 6.08 Å². The summed E-state index contributed by atoms with van der Waals surface area (Å²) < 4.78 is 1.52. The van der Waals surface area contributed by atoms with Gasteiger partial charge in [0.05, 0.1) is 0 Å². The van der Waals surface area contributed by atoms with Gasteiger partial charge in [-0.2, -0.15) is 23.6 Å². The topological polar surface area (TPSA) is 0 Å². The van der Waals surface area contributed by atoms with E-state index in [2.05, 4.69) is 67.8 Å². The largest absolute Gasteiger partial charge is 0.273 e. The summed E-state index contributed by atoms with van der Waals surface area (Å²) in [5.74, 6) is 0. The molecule has 1 aliphatic rings. The number of hydrogen-bond acceptors (Lipinski definition) is 0. The smallest absolute Gasteiger partial charge is 0.0809 e. The SMILES string of the molecule is C=CC[C](=[Zr+2])CC=C.[C-]1=CC=CC1.c1ccc2[cH-]ccc2c1. The molecule has 0 radical (unpaired) electrons. The van der Waals surface area contributed by atoms with Gasteiger partial charge in [-0.15, -0.1) is 36.1 Å². The molecule has 3 rings (SSSR count). The second-order valence-corrected chi connectivity index (χ2v) is 6.49. The second kappa shape index (κ2) is 12.1. The quantitative estimate of drug-likeness (QED) is 0.480. The first-order chi connectivity index (χ1) is 10.8. The Hall–Kier alpha value is -1.46. The van der Waals surface area contributed by atoms with Gasteiger partial charge in [-0.1, -0.05) is 6.07 Å². The van der Waals surface area contributed by atoms with Crippen molar-refractivity contribution in [1.29, 1.82) is 0 Å². The third-order valence-electron chi connectivity index (χ3n) is 2.91. The van der Waals surface area contributed by atoms with Crippen LogP contribution in [0.5, 0.6) is 0 Å². The molecule has 0 aromatic heterocycles. The van der Waals surface area contributed by atoms with E-state index in [1.807, 2.05) is 24.3 Å². The van der Waals surface area contributed by atoms with Crippen LogP contribution in [0.4, 0.5) is 0 Å². The van der Waals surface area contributed by atoms with E-state index in [9.17, 15) is 0 Å². The zero-order chi connectivity index (χ0) is 16.0. The molecule has 0 fully saturated rings. The molecule has 0 bridgehead atoms. The maximum Gasteiger partial charge on any atom is -0.0809 e. The second-order valence-electron chi connectivity index (χ2n) is 4.75. The van der Waals surface area contributed by atoms with E-state index in [1.54, 1.807) is 0 Å². The van der Waals surface area contributed by atoms with Gasteiger partial charge in [0.15, 0.2) is 0 Å². The van der Waals surface area contributed by atoms with E-state index >= 15 is 0 Å². The van der Waals surface area contributed by atoms with Crippen molar-refractivity contribution < 1.29 is 24.2 Å². The number of hydrogen-bond donors (Lipinski definition) is 0. The minimum absolute atomic E-state index is 1.01. The van der Waals surface area contributed by atoms with E-state index in [4.69, 9.17) is 0 Å². The Morgan fingerprint density at radius 2 is 1.91 bits per heavy atom. The minimum Gasteiger partial charge on any atom is -0.273 e. The van der Waals surface area contributed by atoms with Gasteiger partial charge >= 0.3 is 65.6 Å². The summed E-state index contributed by atoms with van der Waals surface area (Å²) >= 11 is 1.51. The Labute approximate surface area is 149 Å². The summed E-state index contributed by atoms with van der Waals surface area (Å²) in [4.78, 5) is 0. The summed E-state index contributed by atoms with van der Waals surface area (Å²) in [6.45, 7) is 7.28. The molecule has 110 valence electrons. The first-order valence-corrected chi connectivity index (χ1v) is 8.61. The van der Waals surface area contributed by atoms with Crippen molar-refractivity contribution in [1.82, 2.24) is 0 Å². The zero-order valence-corrected chi connectivity index (χ0v) is 15.4. The Kier molecular flexibility index (Phi) is 10.2. The molecule has 0 saturated heterocycles. The van der Waals surface area contributed by atoms with E-state index in [0.717, 1.165) is 19.3 Å². The predicted octanol–water partition coefficient (Wildman–Crippen LogP) is 5.72. The van der Waals surface area contributed by atoms with E-state index in [1.165, 1.54) is 38.2 Å². The van der Waals surface area contributed by atoms with Crippen LogP contribution in [0.3, 0.4) is 0 Å². The molecule has 22 heavy (non-hydrogen) atoms. The van der Waals surface area contributed by atoms with Gasteiger partial charge in [0.1, 0.15) is 0 Å². The molecule has 0 atom stereocenters. The fourth-order valence-corrected chi connectivity index (χ4v) is 2.55.